The Bertz CT molecular complexity index is 1190. The van der Waals surface area contributed by atoms with Gasteiger partial charge in [0.25, 0.3) is 5.78 Å². The van der Waals surface area contributed by atoms with Crippen molar-refractivity contribution in [1.82, 2.24) is 24.6 Å². The van der Waals surface area contributed by atoms with Gasteiger partial charge in [-0.05, 0) is 25.8 Å². The molecule has 8 nitrogen and oxygen atoms in total. The van der Waals surface area contributed by atoms with E-state index in [1.165, 1.54) is 16.9 Å². The van der Waals surface area contributed by atoms with Crippen LogP contribution in [0.2, 0.25) is 0 Å². The first kappa shape index (κ1) is 19.0. The molecule has 9 heteroatoms. The molecule has 0 aliphatic rings. The molecule has 0 spiro atoms. The van der Waals surface area contributed by atoms with Gasteiger partial charge in [-0.2, -0.15) is 9.50 Å². The molecule has 0 saturated heterocycles. The fourth-order valence-corrected chi connectivity index (χ4v) is 3.91. The number of carbonyl (C=O) groups is 1. The molecular formula is C20H21N7OS. The van der Waals surface area contributed by atoms with Gasteiger partial charge >= 0.3 is 0 Å². The summed E-state index contributed by atoms with van der Waals surface area (Å²) in [5, 5.41) is 9.53. The molecule has 3 heterocycles. The van der Waals surface area contributed by atoms with Crippen LogP contribution in [0.3, 0.4) is 0 Å². The second-order valence-corrected chi connectivity index (χ2v) is 7.61. The topological polar surface area (TPSA) is 111 Å². The van der Waals surface area contributed by atoms with Crippen molar-refractivity contribution in [3.63, 3.8) is 0 Å². The number of nitrogens with two attached hydrogens (primary N) is 1. The van der Waals surface area contributed by atoms with Gasteiger partial charge in [-0.25, -0.2) is 9.97 Å². The van der Waals surface area contributed by atoms with Crippen LogP contribution >= 0.6 is 11.3 Å². The van der Waals surface area contributed by atoms with E-state index in [1.54, 1.807) is 4.52 Å². The lowest BCUT2D eigenvalue weighted by molar-refractivity contribution is -0.115. The molecule has 148 valence electrons. The minimum absolute atomic E-state index is 0.156. The van der Waals surface area contributed by atoms with Gasteiger partial charge in [-0.3, -0.25) is 4.79 Å². The average Bonchev–Trinajstić information content (AvgIpc) is 3.31. The van der Waals surface area contributed by atoms with Gasteiger partial charge in [0.15, 0.2) is 5.13 Å². The lowest BCUT2D eigenvalue weighted by Gasteiger charge is -2.09. The summed E-state index contributed by atoms with van der Waals surface area (Å²) in [7, 11) is 0. The average molecular weight is 408 g/mol. The van der Waals surface area contributed by atoms with Crippen LogP contribution in [-0.2, 0) is 17.6 Å². The van der Waals surface area contributed by atoms with E-state index < -0.39 is 0 Å². The number of anilines is 2. The Hall–Kier alpha value is -3.33. The standard InChI is InChI=1S/C20H21N7OS/c1-4-13-5-7-14(8-6-13)16-10-29-20(23-16)24-17(28)9-15-11(2)22-19-25-18(21)26-27(19)12(15)3/h5-8,10H,4,9H2,1-3H3,(H2,21,26)(H,23,24,28). The lowest BCUT2D eigenvalue weighted by atomic mass is 10.1. The number of nitrogens with one attached hydrogen (secondary N) is 1. The Morgan fingerprint density at radius 1 is 1.17 bits per heavy atom. The zero-order valence-electron chi connectivity index (χ0n) is 16.4. The van der Waals surface area contributed by atoms with E-state index in [0.717, 1.165) is 34.6 Å². The molecule has 0 aliphatic carbocycles. The Kier molecular flexibility index (Phi) is 4.98. The highest BCUT2D eigenvalue weighted by Gasteiger charge is 2.16. The van der Waals surface area contributed by atoms with Crippen molar-refractivity contribution in [1.29, 1.82) is 0 Å². The number of nitrogens with zero attached hydrogens (tertiary/aromatic N) is 5. The molecule has 0 atom stereocenters. The Morgan fingerprint density at radius 2 is 1.93 bits per heavy atom. The highest BCUT2D eigenvalue weighted by molar-refractivity contribution is 7.14. The van der Waals surface area contributed by atoms with Crippen molar-refractivity contribution in [2.24, 2.45) is 0 Å². The minimum atomic E-state index is -0.160. The number of rotatable bonds is 5. The normalized spacial score (nSPS) is 11.1. The summed E-state index contributed by atoms with van der Waals surface area (Å²) in [5.41, 5.74) is 11.1. The predicted octanol–water partition coefficient (Wildman–Crippen LogP) is 3.19. The van der Waals surface area contributed by atoms with E-state index in [1.807, 2.05) is 19.2 Å². The van der Waals surface area contributed by atoms with Crippen LogP contribution in [0.1, 0.15) is 29.4 Å². The summed E-state index contributed by atoms with van der Waals surface area (Å²) >= 11 is 1.40. The number of aryl methyl sites for hydroxylation is 3. The van der Waals surface area contributed by atoms with E-state index >= 15 is 0 Å². The smallest absolute Gasteiger partial charge is 0.254 e. The molecule has 4 aromatic rings. The van der Waals surface area contributed by atoms with Crippen molar-refractivity contribution in [3.05, 3.63) is 52.2 Å². The van der Waals surface area contributed by atoms with Crippen LogP contribution < -0.4 is 11.1 Å². The van der Waals surface area contributed by atoms with E-state index in [4.69, 9.17) is 5.73 Å². The number of nitrogen functional groups attached to an aromatic ring is 1. The molecule has 1 aromatic carbocycles. The first-order valence-corrected chi connectivity index (χ1v) is 10.2. The van der Waals surface area contributed by atoms with E-state index in [0.29, 0.717) is 10.9 Å². The second-order valence-electron chi connectivity index (χ2n) is 6.76. The first-order chi connectivity index (χ1) is 13.9. The third-order valence-corrected chi connectivity index (χ3v) is 5.57. The third kappa shape index (κ3) is 3.81. The molecule has 0 unspecified atom stereocenters. The predicted molar refractivity (Wildman–Crippen MR) is 114 cm³/mol. The van der Waals surface area contributed by atoms with Crippen molar-refractivity contribution in [2.45, 2.75) is 33.6 Å². The van der Waals surface area contributed by atoms with Crippen molar-refractivity contribution >= 4 is 34.1 Å². The highest BCUT2D eigenvalue weighted by atomic mass is 32.1. The maximum Gasteiger partial charge on any atom is 0.254 e. The van der Waals surface area contributed by atoms with Crippen LogP contribution in [0.5, 0.6) is 0 Å². The highest BCUT2D eigenvalue weighted by Crippen LogP contribution is 2.25. The maximum absolute atomic E-state index is 12.6. The molecule has 3 aromatic heterocycles. The van der Waals surface area contributed by atoms with Crippen LogP contribution in [-0.4, -0.2) is 30.5 Å². The SMILES string of the molecule is CCc1ccc(-c2csc(NC(=O)Cc3c(C)nc4nc(N)nn4c3C)n2)cc1. The largest absolute Gasteiger partial charge is 0.366 e. The van der Waals surface area contributed by atoms with Crippen molar-refractivity contribution in [3.8, 4) is 11.3 Å². The number of aromatic nitrogens is 5. The van der Waals surface area contributed by atoms with Crippen molar-refractivity contribution in [2.75, 3.05) is 11.1 Å². The Morgan fingerprint density at radius 3 is 2.66 bits per heavy atom. The molecule has 1 amide bonds. The number of hydrogen-bond donors (Lipinski definition) is 2. The summed E-state index contributed by atoms with van der Waals surface area (Å²) < 4.78 is 1.56. The quantitative estimate of drug-likeness (QED) is 0.526. The van der Waals surface area contributed by atoms with E-state index in [2.05, 4.69) is 56.6 Å². The lowest BCUT2D eigenvalue weighted by Crippen LogP contribution is -2.17. The number of hydrogen-bond acceptors (Lipinski definition) is 7. The summed E-state index contributed by atoms with van der Waals surface area (Å²) in [6.45, 7) is 5.85. The molecule has 0 aliphatic heterocycles. The summed E-state index contributed by atoms with van der Waals surface area (Å²) in [6, 6.07) is 8.30. The number of benzene rings is 1. The van der Waals surface area contributed by atoms with Crippen LogP contribution in [0.15, 0.2) is 29.6 Å². The summed E-state index contributed by atoms with van der Waals surface area (Å²) in [5.74, 6) is 0.428. The van der Waals surface area contributed by atoms with Crippen LogP contribution in [0.25, 0.3) is 17.0 Å². The molecule has 3 N–H and O–H groups in total. The molecule has 0 saturated carbocycles. The summed E-state index contributed by atoms with van der Waals surface area (Å²) in [6.07, 6.45) is 1.17. The second kappa shape index (κ2) is 7.59. The molecular weight excluding hydrogens is 386 g/mol. The fraction of sp³-hybridized carbons (Fsp3) is 0.250. The Balaban J connectivity index is 1.50. The Labute approximate surface area is 171 Å². The maximum atomic E-state index is 12.6. The number of carbonyl (C=O) groups excluding carboxylic acids is 1. The van der Waals surface area contributed by atoms with Gasteiger partial charge < -0.3 is 11.1 Å². The summed E-state index contributed by atoms with van der Waals surface area (Å²) in [4.78, 5) is 25.6. The molecule has 0 fully saturated rings. The van der Waals surface area contributed by atoms with Crippen LogP contribution in [0.4, 0.5) is 11.1 Å². The van der Waals surface area contributed by atoms with Gasteiger partial charge in [0.1, 0.15) is 0 Å². The van der Waals surface area contributed by atoms with Crippen LogP contribution in [0, 0.1) is 13.8 Å². The van der Waals surface area contributed by atoms with Gasteiger partial charge in [0.05, 0.1) is 12.1 Å². The minimum Gasteiger partial charge on any atom is -0.366 e. The molecule has 0 bridgehead atoms. The monoisotopic (exact) mass is 407 g/mol. The molecule has 29 heavy (non-hydrogen) atoms. The zero-order chi connectivity index (χ0) is 20.5. The zero-order valence-corrected chi connectivity index (χ0v) is 17.2. The van der Waals surface area contributed by atoms with Gasteiger partial charge in [0, 0.05) is 27.9 Å². The number of fused-ring (bicyclic) bond motifs is 1. The van der Waals surface area contributed by atoms with E-state index in [-0.39, 0.29) is 18.3 Å². The van der Waals surface area contributed by atoms with Crippen molar-refractivity contribution < 1.29 is 4.79 Å². The molecule has 0 radical (unpaired) electrons. The molecule has 4 rings (SSSR count). The van der Waals surface area contributed by atoms with E-state index in [9.17, 15) is 4.79 Å². The van der Waals surface area contributed by atoms with Gasteiger partial charge in [-0.15, -0.1) is 16.4 Å². The first-order valence-electron chi connectivity index (χ1n) is 9.27. The fourth-order valence-electron chi connectivity index (χ4n) is 3.18. The van der Waals surface area contributed by atoms with Gasteiger partial charge in [0.2, 0.25) is 11.9 Å². The number of thiazole rings is 1. The third-order valence-electron chi connectivity index (χ3n) is 4.81. The number of amides is 1. The van der Waals surface area contributed by atoms with Gasteiger partial charge in [-0.1, -0.05) is 31.2 Å².